The molecule has 98 valence electrons. The van der Waals surface area contributed by atoms with E-state index < -0.39 is 11.9 Å². The molecule has 0 radical (unpaired) electrons. The number of halogens is 1. The highest BCUT2D eigenvalue weighted by atomic mass is 19.1. The summed E-state index contributed by atoms with van der Waals surface area (Å²) in [7, 11) is 1.80. The predicted octanol–water partition coefficient (Wildman–Crippen LogP) is 2.70. The molecule has 3 aromatic rings. The Morgan fingerprint density at radius 3 is 2.84 bits per heavy atom. The van der Waals surface area contributed by atoms with E-state index in [0.29, 0.717) is 16.7 Å². The number of aliphatic hydroxyl groups is 1. The largest absolute Gasteiger partial charge is 0.455 e. The maximum Gasteiger partial charge on any atom is 0.170 e. The number of rotatable bonds is 2. The van der Waals surface area contributed by atoms with Crippen molar-refractivity contribution in [2.24, 2.45) is 7.05 Å². The lowest BCUT2D eigenvalue weighted by atomic mass is 10.1. The lowest BCUT2D eigenvalue weighted by Crippen LogP contribution is -2.00. The van der Waals surface area contributed by atoms with Gasteiger partial charge >= 0.3 is 0 Å². The molecule has 1 atom stereocenters. The molecule has 0 aliphatic heterocycles. The van der Waals surface area contributed by atoms with Gasteiger partial charge in [0.1, 0.15) is 11.9 Å². The molecule has 1 unspecified atom stereocenters. The van der Waals surface area contributed by atoms with Gasteiger partial charge in [0.15, 0.2) is 11.4 Å². The summed E-state index contributed by atoms with van der Waals surface area (Å²) < 4.78 is 20.6. The van der Waals surface area contributed by atoms with Crippen LogP contribution in [0.1, 0.15) is 23.1 Å². The molecule has 0 amide bonds. The number of furan rings is 1. The first kappa shape index (κ1) is 11.9. The van der Waals surface area contributed by atoms with Gasteiger partial charge < -0.3 is 9.52 Å². The molecule has 19 heavy (non-hydrogen) atoms. The fraction of sp³-hybridized carbons (Fsp3) is 0.214. The zero-order chi connectivity index (χ0) is 13.6. The second-order valence-corrected chi connectivity index (χ2v) is 4.52. The summed E-state index contributed by atoms with van der Waals surface area (Å²) in [5, 5.41) is 15.0. The molecule has 2 heterocycles. The molecular weight excluding hydrogens is 247 g/mol. The van der Waals surface area contributed by atoms with E-state index >= 15 is 0 Å². The maximum absolute atomic E-state index is 13.6. The minimum absolute atomic E-state index is 0.165. The molecule has 3 rings (SSSR count). The highest BCUT2D eigenvalue weighted by Crippen LogP contribution is 2.30. The summed E-state index contributed by atoms with van der Waals surface area (Å²) in [4.78, 5) is 0. The summed E-state index contributed by atoms with van der Waals surface area (Å²) in [6.07, 6.45) is 0.643. The molecule has 0 aliphatic rings. The monoisotopic (exact) mass is 260 g/mol. The number of hydrogen-bond acceptors (Lipinski definition) is 3. The third-order valence-corrected chi connectivity index (χ3v) is 3.35. The van der Waals surface area contributed by atoms with Crippen LogP contribution in [0.15, 0.2) is 34.9 Å². The Bertz CT molecular complexity index is 745. The van der Waals surface area contributed by atoms with Gasteiger partial charge in [0.25, 0.3) is 0 Å². The lowest BCUT2D eigenvalue weighted by Gasteiger charge is -2.06. The molecule has 0 spiro atoms. The Labute approximate surface area is 109 Å². The van der Waals surface area contributed by atoms with Crippen molar-refractivity contribution >= 4 is 11.0 Å². The number of benzene rings is 1. The number of nitrogens with zero attached hydrogens (tertiary/aromatic N) is 2. The van der Waals surface area contributed by atoms with Gasteiger partial charge in [-0.15, -0.1) is 0 Å². The first-order valence-electron chi connectivity index (χ1n) is 5.92. The number of fused-ring (bicyclic) bond motifs is 1. The van der Waals surface area contributed by atoms with Crippen molar-refractivity contribution in [3.8, 4) is 0 Å². The third-order valence-electron chi connectivity index (χ3n) is 3.35. The number of aromatic nitrogens is 2. The number of hydrogen-bond donors (Lipinski definition) is 1. The van der Waals surface area contributed by atoms with E-state index in [1.807, 2.05) is 6.92 Å². The lowest BCUT2D eigenvalue weighted by molar-refractivity contribution is 0.191. The number of aryl methyl sites for hydroxylation is 1. The van der Waals surface area contributed by atoms with Gasteiger partial charge in [-0.25, -0.2) is 4.39 Å². The zero-order valence-corrected chi connectivity index (χ0v) is 10.6. The molecule has 2 aromatic heterocycles. The van der Waals surface area contributed by atoms with Crippen LogP contribution in [0, 0.1) is 12.7 Å². The summed E-state index contributed by atoms with van der Waals surface area (Å²) in [6.45, 7) is 1.86. The van der Waals surface area contributed by atoms with E-state index in [1.165, 1.54) is 6.07 Å². The van der Waals surface area contributed by atoms with Gasteiger partial charge in [0.05, 0.1) is 6.20 Å². The van der Waals surface area contributed by atoms with E-state index in [-0.39, 0.29) is 5.58 Å². The normalized spacial score (nSPS) is 13.1. The van der Waals surface area contributed by atoms with E-state index in [1.54, 1.807) is 36.1 Å². The fourth-order valence-corrected chi connectivity index (χ4v) is 2.12. The molecule has 0 saturated heterocycles. The molecule has 0 aliphatic carbocycles. The molecule has 0 bridgehead atoms. The smallest absolute Gasteiger partial charge is 0.170 e. The second-order valence-electron chi connectivity index (χ2n) is 4.52. The Morgan fingerprint density at radius 1 is 1.42 bits per heavy atom. The van der Waals surface area contributed by atoms with Gasteiger partial charge in [0.2, 0.25) is 0 Å². The average molecular weight is 260 g/mol. The van der Waals surface area contributed by atoms with Gasteiger partial charge in [-0.1, -0.05) is 12.1 Å². The van der Waals surface area contributed by atoms with E-state index in [0.717, 1.165) is 5.69 Å². The Kier molecular flexibility index (Phi) is 2.64. The maximum atomic E-state index is 13.6. The molecule has 5 heteroatoms. The minimum atomic E-state index is -0.944. The van der Waals surface area contributed by atoms with Crippen molar-refractivity contribution in [1.29, 1.82) is 0 Å². The summed E-state index contributed by atoms with van der Waals surface area (Å²) >= 11 is 0. The van der Waals surface area contributed by atoms with Crippen LogP contribution in [0.4, 0.5) is 4.39 Å². The van der Waals surface area contributed by atoms with E-state index in [9.17, 15) is 9.50 Å². The topological polar surface area (TPSA) is 51.2 Å². The van der Waals surface area contributed by atoms with Gasteiger partial charge in [0, 0.05) is 23.7 Å². The first-order valence-corrected chi connectivity index (χ1v) is 5.92. The number of aliphatic hydroxyl groups excluding tert-OH is 1. The van der Waals surface area contributed by atoms with Crippen molar-refractivity contribution in [1.82, 2.24) is 9.78 Å². The third kappa shape index (κ3) is 1.82. The van der Waals surface area contributed by atoms with Crippen LogP contribution in [0.2, 0.25) is 0 Å². The summed E-state index contributed by atoms with van der Waals surface area (Å²) in [5.74, 6) is -0.116. The molecule has 0 fully saturated rings. The fourth-order valence-electron chi connectivity index (χ4n) is 2.12. The van der Waals surface area contributed by atoms with Gasteiger partial charge in [-0.3, -0.25) is 4.68 Å². The predicted molar refractivity (Wildman–Crippen MR) is 68.2 cm³/mol. The van der Waals surface area contributed by atoms with Crippen molar-refractivity contribution in [3.05, 3.63) is 53.3 Å². The molecule has 0 saturated carbocycles. The van der Waals surface area contributed by atoms with E-state index in [4.69, 9.17) is 4.42 Å². The SMILES string of the molecule is Cc1c(C(O)c2cc3cccc(F)c3o2)cnn1C. The number of para-hydroxylation sites is 1. The van der Waals surface area contributed by atoms with Crippen molar-refractivity contribution in [3.63, 3.8) is 0 Å². The second kappa shape index (κ2) is 4.20. The Hall–Kier alpha value is -2.14. The summed E-state index contributed by atoms with van der Waals surface area (Å²) in [6, 6.07) is 6.33. The van der Waals surface area contributed by atoms with Crippen LogP contribution in [-0.4, -0.2) is 14.9 Å². The molecule has 1 N–H and O–H groups in total. The Balaban J connectivity index is 2.09. The first-order chi connectivity index (χ1) is 9.08. The van der Waals surface area contributed by atoms with Gasteiger partial charge in [-0.2, -0.15) is 5.10 Å². The van der Waals surface area contributed by atoms with Crippen LogP contribution in [0.25, 0.3) is 11.0 Å². The van der Waals surface area contributed by atoms with Gasteiger partial charge in [-0.05, 0) is 19.1 Å². The zero-order valence-electron chi connectivity index (χ0n) is 10.6. The highest BCUT2D eigenvalue weighted by Gasteiger charge is 2.20. The van der Waals surface area contributed by atoms with Crippen LogP contribution >= 0.6 is 0 Å². The van der Waals surface area contributed by atoms with Crippen LogP contribution in [0.5, 0.6) is 0 Å². The van der Waals surface area contributed by atoms with E-state index in [2.05, 4.69) is 5.10 Å². The van der Waals surface area contributed by atoms with Crippen molar-refractivity contribution in [2.45, 2.75) is 13.0 Å². The Morgan fingerprint density at radius 2 is 2.21 bits per heavy atom. The van der Waals surface area contributed by atoms with Crippen molar-refractivity contribution in [2.75, 3.05) is 0 Å². The molecule has 4 nitrogen and oxygen atoms in total. The highest BCUT2D eigenvalue weighted by molar-refractivity contribution is 5.78. The minimum Gasteiger partial charge on any atom is -0.455 e. The standard InChI is InChI=1S/C14H13FN2O2/c1-8-10(7-16-17(8)2)13(18)12-6-9-4-3-5-11(15)14(9)19-12/h3-7,13,18H,1-2H3. The van der Waals surface area contributed by atoms with Crippen LogP contribution in [0.3, 0.4) is 0 Å². The average Bonchev–Trinajstić information content (AvgIpc) is 2.95. The molecular formula is C14H13FN2O2. The summed E-state index contributed by atoms with van der Waals surface area (Å²) in [5.41, 5.74) is 1.66. The molecule has 1 aromatic carbocycles. The quantitative estimate of drug-likeness (QED) is 0.770. The van der Waals surface area contributed by atoms with Crippen molar-refractivity contribution < 1.29 is 13.9 Å². The van der Waals surface area contributed by atoms with Crippen LogP contribution < -0.4 is 0 Å². The van der Waals surface area contributed by atoms with Crippen LogP contribution in [-0.2, 0) is 7.05 Å².